The van der Waals surface area contributed by atoms with E-state index in [2.05, 4.69) is 4.74 Å². The van der Waals surface area contributed by atoms with Crippen LogP contribution in [0, 0.1) is 5.82 Å². The van der Waals surface area contributed by atoms with Crippen molar-refractivity contribution in [2.45, 2.75) is 12.8 Å². The van der Waals surface area contributed by atoms with E-state index in [9.17, 15) is 9.18 Å². The zero-order valence-corrected chi connectivity index (χ0v) is 9.03. The van der Waals surface area contributed by atoms with Crippen molar-refractivity contribution < 1.29 is 18.7 Å². The van der Waals surface area contributed by atoms with Crippen LogP contribution in [0.2, 0.25) is 0 Å². The maximum absolute atomic E-state index is 12.8. The molecular formula is C11H14FNO3. The van der Waals surface area contributed by atoms with Crippen molar-refractivity contribution in [1.29, 1.82) is 0 Å². The Labute approximate surface area is 93.2 Å². The minimum Gasteiger partial charge on any atom is -0.491 e. The van der Waals surface area contributed by atoms with Gasteiger partial charge in [-0.2, -0.15) is 0 Å². The minimum absolute atomic E-state index is 0.270. The van der Waals surface area contributed by atoms with Crippen LogP contribution in [0.3, 0.4) is 0 Å². The van der Waals surface area contributed by atoms with Crippen LogP contribution in [-0.4, -0.2) is 19.7 Å². The molecule has 0 atom stereocenters. The van der Waals surface area contributed by atoms with Gasteiger partial charge in [0, 0.05) is 12.5 Å². The lowest BCUT2D eigenvalue weighted by Crippen LogP contribution is -2.05. The molecule has 16 heavy (non-hydrogen) atoms. The number of esters is 1. The number of carbonyl (C=O) groups is 1. The highest BCUT2D eigenvalue weighted by atomic mass is 19.1. The number of hydrogen-bond donors (Lipinski definition) is 1. The molecule has 0 unspecified atom stereocenters. The molecule has 5 heteroatoms. The SMILES string of the molecule is COC(=O)CCCOc1cc(F)ccc1N. The van der Waals surface area contributed by atoms with E-state index in [0.717, 1.165) is 0 Å². The zero-order chi connectivity index (χ0) is 12.0. The molecule has 0 amide bonds. The topological polar surface area (TPSA) is 61.5 Å². The van der Waals surface area contributed by atoms with Gasteiger partial charge in [0.2, 0.25) is 0 Å². The second-order valence-electron chi connectivity index (χ2n) is 3.21. The lowest BCUT2D eigenvalue weighted by atomic mass is 10.3. The van der Waals surface area contributed by atoms with Gasteiger partial charge < -0.3 is 15.2 Å². The van der Waals surface area contributed by atoms with Crippen molar-refractivity contribution in [3.63, 3.8) is 0 Å². The first-order valence-corrected chi connectivity index (χ1v) is 4.88. The number of nitrogens with two attached hydrogens (primary N) is 1. The molecule has 88 valence electrons. The van der Waals surface area contributed by atoms with Crippen LogP contribution in [0.25, 0.3) is 0 Å². The van der Waals surface area contributed by atoms with E-state index in [1.54, 1.807) is 0 Å². The highest BCUT2D eigenvalue weighted by Crippen LogP contribution is 2.22. The number of nitrogen functional groups attached to an aromatic ring is 1. The molecule has 1 aromatic rings. The number of halogens is 1. The number of benzene rings is 1. The predicted molar refractivity (Wildman–Crippen MR) is 57.6 cm³/mol. The molecule has 4 nitrogen and oxygen atoms in total. The molecule has 0 aromatic heterocycles. The summed E-state index contributed by atoms with van der Waals surface area (Å²) in [6, 6.07) is 3.91. The Hall–Kier alpha value is -1.78. The third kappa shape index (κ3) is 3.76. The number of carbonyl (C=O) groups excluding carboxylic acids is 1. The summed E-state index contributed by atoms with van der Waals surface area (Å²) in [5, 5.41) is 0. The van der Waals surface area contributed by atoms with Gasteiger partial charge in [-0.25, -0.2) is 4.39 Å². The summed E-state index contributed by atoms with van der Waals surface area (Å²) in [6.45, 7) is 0.294. The number of anilines is 1. The monoisotopic (exact) mass is 227 g/mol. The molecule has 0 spiro atoms. The summed E-state index contributed by atoms with van der Waals surface area (Å²) < 4.78 is 22.5. The van der Waals surface area contributed by atoms with Crippen LogP contribution in [0.15, 0.2) is 18.2 Å². The van der Waals surface area contributed by atoms with Crippen LogP contribution in [0.4, 0.5) is 10.1 Å². The molecule has 0 saturated heterocycles. The Balaban J connectivity index is 2.37. The van der Waals surface area contributed by atoms with Gasteiger partial charge >= 0.3 is 5.97 Å². The molecule has 1 rings (SSSR count). The van der Waals surface area contributed by atoms with Crippen LogP contribution in [0.5, 0.6) is 5.75 Å². The average molecular weight is 227 g/mol. The lowest BCUT2D eigenvalue weighted by molar-refractivity contribution is -0.140. The summed E-state index contributed by atoms with van der Waals surface area (Å²) in [4.78, 5) is 10.8. The third-order valence-corrected chi connectivity index (χ3v) is 1.99. The average Bonchev–Trinajstić information content (AvgIpc) is 2.28. The van der Waals surface area contributed by atoms with Crippen molar-refractivity contribution in [1.82, 2.24) is 0 Å². The van der Waals surface area contributed by atoms with Crippen molar-refractivity contribution in [2.75, 3.05) is 19.5 Å². The molecule has 1 aromatic carbocycles. The molecule has 2 N–H and O–H groups in total. The zero-order valence-electron chi connectivity index (χ0n) is 9.03. The largest absolute Gasteiger partial charge is 0.491 e. The van der Waals surface area contributed by atoms with E-state index in [1.807, 2.05) is 0 Å². The van der Waals surface area contributed by atoms with Crippen molar-refractivity contribution >= 4 is 11.7 Å². The van der Waals surface area contributed by atoms with Crippen molar-refractivity contribution in [3.05, 3.63) is 24.0 Å². The van der Waals surface area contributed by atoms with Gasteiger partial charge in [0.25, 0.3) is 0 Å². The molecule has 0 aliphatic rings. The van der Waals surface area contributed by atoms with Gasteiger partial charge in [0.1, 0.15) is 11.6 Å². The van der Waals surface area contributed by atoms with E-state index < -0.39 is 5.82 Å². The smallest absolute Gasteiger partial charge is 0.305 e. The van der Waals surface area contributed by atoms with Crippen molar-refractivity contribution in [2.24, 2.45) is 0 Å². The highest BCUT2D eigenvalue weighted by molar-refractivity contribution is 5.69. The Morgan fingerprint density at radius 2 is 2.25 bits per heavy atom. The van der Waals surface area contributed by atoms with Gasteiger partial charge in [-0.3, -0.25) is 4.79 Å². The second kappa shape index (κ2) is 5.95. The molecule has 0 aliphatic carbocycles. The minimum atomic E-state index is -0.405. The molecular weight excluding hydrogens is 213 g/mol. The van der Waals surface area contributed by atoms with Gasteiger partial charge in [-0.05, 0) is 18.6 Å². The standard InChI is InChI=1S/C11H14FNO3/c1-15-11(14)3-2-6-16-10-7-8(12)4-5-9(10)13/h4-5,7H,2-3,6,13H2,1H3. The molecule has 0 radical (unpaired) electrons. The first-order valence-electron chi connectivity index (χ1n) is 4.88. The van der Waals surface area contributed by atoms with Crippen LogP contribution >= 0.6 is 0 Å². The lowest BCUT2D eigenvalue weighted by Gasteiger charge is -2.08. The fourth-order valence-corrected chi connectivity index (χ4v) is 1.13. The highest BCUT2D eigenvalue weighted by Gasteiger charge is 2.03. The van der Waals surface area contributed by atoms with Crippen LogP contribution in [-0.2, 0) is 9.53 Å². The Morgan fingerprint density at radius 3 is 2.94 bits per heavy atom. The normalized spacial score (nSPS) is 9.88. The van der Waals surface area contributed by atoms with E-state index in [0.29, 0.717) is 24.5 Å². The maximum atomic E-state index is 12.8. The predicted octanol–water partition coefficient (Wildman–Crippen LogP) is 1.74. The number of hydrogen-bond acceptors (Lipinski definition) is 4. The summed E-state index contributed by atoms with van der Waals surface area (Å²) in [7, 11) is 1.33. The van der Waals surface area contributed by atoms with Gasteiger partial charge in [0.05, 0.1) is 19.4 Å². The first kappa shape index (κ1) is 12.3. The summed E-state index contributed by atoms with van der Waals surface area (Å²) in [5.74, 6) is -0.405. The van der Waals surface area contributed by atoms with Crippen molar-refractivity contribution in [3.8, 4) is 5.75 Å². The van der Waals surface area contributed by atoms with E-state index in [-0.39, 0.29) is 12.4 Å². The Bertz CT molecular complexity index is 368. The molecule has 0 aliphatic heterocycles. The Kier molecular flexibility index (Phi) is 4.57. The number of methoxy groups -OCH3 is 1. The molecule has 0 saturated carbocycles. The molecule has 0 bridgehead atoms. The number of rotatable bonds is 5. The van der Waals surface area contributed by atoms with Gasteiger partial charge in [-0.1, -0.05) is 0 Å². The van der Waals surface area contributed by atoms with Gasteiger partial charge in [0.15, 0.2) is 0 Å². The summed E-state index contributed by atoms with van der Waals surface area (Å²) >= 11 is 0. The maximum Gasteiger partial charge on any atom is 0.305 e. The second-order valence-corrected chi connectivity index (χ2v) is 3.21. The fourth-order valence-electron chi connectivity index (χ4n) is 1.13. The van der Waals surface area contributed by atoms with Crippen LogP contribution < -0.4 is 10.5 Å². The van der Waals surface area contributed by atoms with E-state index >= 15 is 0 Å². The van der Waals surface area contributed by atoms with E-state index in [4.69, 9.17) is 10.5 Å². The molecule has 0 fully saturated rings. The van der Waals surface area contributed by atoms with Crippen LogP contribution in [0.1, 0.15) is 12.8 Å². The first-order chi connectivity index (χ1) is 7.63. The summed E-state index contributed by atoms with van der Waals surface area (Å²) in [5.41, 5.74) is 5.95. The molecule has 0 heterocycles. The fraction of sp³-hybridized carbons (Fsp3) is 0.364. The van der Waals surface area contributed by atoms with Gasteiger partial charge in [-0.15, -0.1) is 0 Å². The third-order valence-electron chi connectivity index (χ3n) is 1.99. The quantitative estimate of drug-likeness (QED) is 0.473. The van der Waals surface area contributed by atoms with E-state index in [1.165, 1.54) is 25.3 Å². The summed E-state index contributed by atoms with van der Waals surface area (Å²) in [6.07, 6.45) is 0.772. The Morgan fingerprint density at radius 1 is 1.50 bits per heavy atom. The number of ether oxygens (including phenoxy) is 2.